The highest BCUT2D eigenvalue weighted by atomic mass is 19.1. The van der Waals surface area contributed by atoms with Gasteiger partial charge in [-0.3, -0.25) is 4.98 Å². The molecule has 36 heavy (non-hydrogen) atoms. The maximum Gasteiger partial charge on any atom is 0.412 e. The van der Waals surface area contributed by atoms with E-state index >= 15 is 0 Å². The van der Waals surface area contributed by atoms with Crippen LogP contribution in [0.5, 0.6) is 5.75 Å². The summed E-state index contributed by atoms with van der Waals surface area (Å²) < 4.78 is 19.2. The third-order valence-electron chi connectivity index (χ3n) is 6.98. The van der Waals surface area contributed by atoms with Crippen LogP contribution >= 0.6 is 0 Å². The lowest BCUT2D eigenvalue weighted by Gasteiger charge is -2.21. The molecule has 0 bridgehead atoms. The molecule has 192 valence electrons. The van der Waals surface area contributed by atoms with Gasteiger partial charge in [-0.15, -0.1) is 0 Å². The first-order valence-corrected chi connectivity index (χ1v) is 13.0. The van der Waals surface area contributed by atoms with E-state index in [4.69, 9.17) is 9.72 Å². The van der Waals surface area contributed by atoms with Gasteiger partial charge in [-0.05, 0) is 101 Å². The van der Waals surface area contributed by atoms with Crippen molar-refractivity contribution in [1.82, 2.24) is 15.2 Å². The van der Waals surface area contributed by atoms with Crippen LogP contribution in [0.1, 0.15) is 61.9 Å². The number of hydrogen-bond acceptors (Lipinski definition) is 5. The van der Waals surface area contributed by atoms with Crippen LogP contribution in [0, 0.1) is 5.82 Å². The molecule has 0 saturated carbocycles. The van der Waals surface area contributed by atoms with E-state index < -0.39 is 6.09 Å². The molecular weight excluding hydrogens is 455 g/mol. The van der Waals surface area contributed by atoms with Crippen molar-refractivity contribution < 1.29 is 13.9 Å². The van der Waals surface area contributed by atoms with Gasteiger partial charge in [0, 0.05) is 42.0 Å². The second-order valence-corrected chi connectivity index (χ2v) is 9.80. The number of nitrogens with zero attached hydrogens (tertiary/aromatic N) is 2. The van der Waals surface area contributed by atoms with E-state index in [0.717, 1.165) is 79.3 Å². The van der Waals surface area contributed by atoms with Crippen LogP contribution in [-0.2, 0) is 12.8 Å². The van der Waals surface area contributed by atoms with Gasteiger partial charge in [0.25, 0.3) is 0 Å². The average molecular weight is 493 g/mol. The molecule has 4 rings (SSSR count). The Morgan fingerprint density at radius 2 is 1.89 bits per heavy atom. The Morgan fingerprint density at radius 1 is 1.08 bits per heavy atom. The Morgan fingerprint density at radius 3 is 2.72 bits per heavy atom. The predicted octanol–water partition coefficient (Wildman–Crippen LogP) is 6.25. The van der Waals surface area contributed by atoms with Crippen LogP contribution in [0.2, 0.25) is 0 Å². The number of fused-ring (bicyclic) bond motifs is 2. The molecule has 2 aromatic carbocycles. The van der Waals surface area contributed by atoms with Gasteiger partial charge in [0.2, 0.25) is 0 Å². The maximum atomic E-state index is 13.8. The van der Waals surface area contributed by atoms with Crippen LogP contribution in [0.3, 0.4) is 0 Å². The fraction of sp³-hybridized carbons (Fsp3) is 0.448. The minimum Gasteiger partial charge on any atom is -0.410 e. The molecule has 0 radical (unpaired) electrons. The Labute approximate surface area is 213 Å². The zero-order chi connectivity index (χ0) is 25.5. The lowest BCUT2D eigenvalue weighted by molar-refractivity contribution is 0.200. The number of ether oxygens (including phenoxy) is 1. The van der Waals surface area contributed by atoms with Crippen molar-refractivity contribution in [1.29, 1.82) is 0 Å². The molecule has 1 aliphatic rings. The van der Waals surface area contributed by atoms with Gasteiger partial charge in [0.1, 0.15) is 11.6 Å². The van der Waals surface area contributed by atoms with Gasteiger partial charge in [-0.1, -0.05) is 12.1 Å². The fourth-order valence-corrected chi connectivity index (χ4v) is 4.71. The van der Waals surface area contributed by atoms with E-state index in [0.29, 0.717) is 12.3 Å². The topological polar surface area (TPSA) is 66.5 Å². The van der Waals surface area contributed by atoms with Crippen LogP contribution in [-0.4, -0.2) is 43.2 Å². The number of aromatic nitrogens is 1. The number of rotatable bonds is 10. The standard InChI is InChI=1S/C29H37FN4O2/c1-20(34(2)3)21-10-9-11-23(18-21)36-29(35)32-17-8-4-7-16-31-28-24-12-5-6-13-26(24)33-27-19-22(30)14-15-25(27)28/h9-11,14-15,18-20H,4-8,12-13,16-17H2,1-3H3,(H,31,33)(H,32,35)/t20-/m0/s1. The van der Waals surface area contributed by atoms with Gasteiger partial charge < -0.3 is 20.3 Å². The van der Waals surface area contributed by atoms with E-state index in [1.54, 1.807) is 6.07 Å². The smallest absolute Gasteiger partial charge is 0.410 e. The quantitative estimate of drug-likeness (QED) is 0.328. The highest BCUT2D eigenvalue weighted by Crippen LogP contribution is 2.33. The number of nitrogens with one attached hydrogen (secondary N) is 2. The lowest BCUT2D eigenvalue weighted by Crippen LogP contribution is -2.27. The molecule has 1 aromatic heterocycles. The highest BCUT2D eigenvalue weighted by Gasteiger charge is 2.18. The zero-order valence-electron chi connectivity index (χ0n) is 21.6. The minimum absolute atomic E-state index is 0.238. The summed E-state index contributed by atoms with van der Waals surface area (Å²) in [6.45, 7) is 3.50. The number of amides is 1. The van der Waals surface area contributed by atoms with Gasteiger partial charge in [-0.2, -0.15) is 0 Å². The summed E-state index contributed by atoms with van der Waals surface area (Å²) in [4.78, 5) is 19.0. The number of pyridine rings is 1. The van der Waals surface area contributed by atoms with E-state index in [-0.39, 0.29) is 11.9 Å². The second-order valence-electron chi connectivity index (χ2n) is 9.80. The summed E-state index contributed by atoms with van der Waals surface area (Å²) in [5.41, 5.74) is 5.33. The molecule has 0 spiro atoms. The molecule has 0 aliphatic heterocycles. The molecule has 1 atom stereocenters. The van der Waals surface area contributed by atoms with E-state index in [1.807, 2.05) is 38.4 Å². The number of halogens is 1. The highest BCUT2D eigenvalue weighted by molar-refractivity contribution is 5.93. The van der Waals surface area contributed by atoms with Crippen LogP contribution < -0.4 is 15.4 Å². The van der Waals surface area contributed by atoms with Crippen molar-refractivity contribution >= 4 is 22.7 Å². The normalized spacial score (nSPS) is 13.9. The van der Waals surface area contributed by atoms with Gasteiger partial charge >= 0.3 is 6.09 Å². The number of anilines is 1. The molecule has 1 heterocycles. The monoisotopic (exact) mass is 492 g/mol. The van der Waals surface area contributed by atoms with Crippen molar-refractivity contribution in [2.24, 2.45) is 0 Å². The molecular formula is C29H37FN4O2. The summed E-state index contributed by atoms with van der Waals surface area (Å²) in [6, 6.07) is 12.8. The first kappa shape index (κ1) is 25.9. The Balaban J connectivity index is 1.22. The minimum atomic E-state index is -0.426. The second kappa shape index (κ2) is 12.2. The van der Waals surface area contributed by atoms with Crippen molar-refractivity contribution in [3.8, 4) is 5.75 Å². The summed E-state index contributed by atoms with van der Waals surface area (Å²) in [7, 11) is 4.04. The maximum absolute atomic E-state index is 13.8. The summed E-state index contributed by atoms with van der Waals surface area (Å²) in [5, 5.41) is 7.45. The van der Waals surface area contributed by atoms with Gasteiger partial charge in [0.05, 0.1) is 5.52 Å². The Kier molecular flexibility index (Phi) is 8.75. The lowest BCUT2D eigenvalue weighted by atomic mass is 9.92. The molecule has 3 aromatic rings. The molecule has 2 N–H and O–H groups in total. The zero-order valence-corrected chi connectivity index (χ0v) is 21.6. The van der Waals surface area contributed by atoms with E-state index in [1.165, 1.54) is 17.7 Å². The fourth-order valence-electron chi connectivity index (χ4n) is 4.71. The van der Waals surface area contributed by atoms with E-state index in [2.05, 4.69) is 22.5 Å². The third-order valence-corrected chi connectivity index (χ3v) is 6.98. The molecule has 1 amide bonds. The number of carbonyl (C=O) groups excluding carboxylic acids is 1. The van der Waals surface area contributed by atoms with Crippen molar-refractivity contribution in [3.05, 3.63) is 65.1 Å². The Bertz CT molecular complexity index is 1200. The number of benzene rings is 2. The largest absolute Gasteiger partial charge is 0.412 e. The molecule has 0 saturated heterocycles. The Hall–Kier alpha value is -3.19. The molecule has 0 fully saturated rings. The van der Waals surface area contributed by atoms with E-state index in [9.17, 15) is 9.18 Å². The van der Waals surface area contributed by atoms with Crippen LogP contribution in [0.25, 0.3) is 10.9 Å². The van der Waals surface area contributed by atoms with Crippen molar-refractivity contribution in [2.75, 3.05) is 32.5 Å². The third kappa shape index (κ3) is 6.52. The molecule has 6 nitrogen and oxygen atoms in total. The first-order chi connectivity index (χ1) is 17.4. The predicted molar refractivity (Wildman–Crippen MR) is 143 cm³/mol. The first-order valence-electron chi connectivity index (χ1n) is 13.0. The van der Waals surface area contributed by atoms with Crippen LogP contribution in [0.15, 0.2) is 42.5 Å². The average Bonchev–Trinajstić information content (AvgIpc) is 2.87. The van der Waals surface area contributed by atoms with Crippen LogP contribution in [0.4, 0.5) is 14.9 Å². The number of hydrogen-bond donors (Lipinski definition) is 2. The summed E-state index contributed by atoms with van der Waals surface area (Å²) in [6.07, 6.45) is 6.66. The number of aryl methyl sites for hydroxylation is 1. The molecule has 1 aliphatic carbocycles. The molecule has 7 heteroatoms. The number of carbonyl (C=O) groups is 1. The summed E-state index contributed by atoms with van der Waals surface area (Å²) >= 11 is 0. The van der Waals surface area contributed by atoms with Gasteiger partial charge in [-0.25, -0.2) is 9.18 Å². The SMILES string of the molecule is C[C@@H](c1cccc(OC(=O)NCCCCCNc2c3c(nc4cc(F)ccc24)CCCC3)c1)N(C)C. The van der Waals surface area contributed by atoms with Gasteiger partial charge in [0.15, 0.2) is 0 Å². The summed E-state index contributed by atoms with van der Waals surface area (Å²) in [5.74, 6) is 0.300. The molecule has 0 unspecified atom stereocenters. The number of unbranched alkanes of at least 4 members (excludes halogenated alkanes) is 2. The van der Waals surface area contributed by atoms with Crippen molar-refractivity contribution in [2.45, 2.75) is 57.9 Å². The van der Waals surface area contributed by atoms with Crippen molar-refractivity contribution in [3.63, 3.8) is 0 Å².